The number of hydrogen-bond acceptors (Lipinski definition) is 4. The normalized spacial score (nSPS) is 11.0. The van der Waals surface area contributed by atoms with E-state index in [0.717, 1.165) is 11.1 Å². The standard InChI is InChI=1S/C12H10ClN5/c1-8-2-3-14-4-9(8)7-18-12-10(5-16-18)15-6-11(13)17-12/h2-6H,7H2,1H3. The number of pyridine rings is 1. The van der Waals surface area contributed by atoms with E-state index >= 15 is 0 Å². The number of rotatable bonds is 2. The summed E-state index contributed by atoms with van der Waals surface area (Å²) >= 11 is 5.85. The Kier molecular flexibility index (Phi) is 2.68. The summed E-state index contributed by atoms with van der Waals surface area (Å²) in [6.07, 6.45) is 6.81. The molecule has 0 amide bonds. The molecule has 0 unspecified atom stereocenters. The van der Waals surface area contributed by atoms with Gasteiger partial charge in [-0.2, -0.15) is 5.10 Å². The van der Waals surface area contributed by atoms with Crippen molar-refractivity contribution in [3.8, 4) is 0 Å². The molecule has 3 aromatic heterocycles. The zero-order chi connectivity index (χ0) is 12.5. The fourth-order valence-corrected chi connectivity index (χ4v) is 1.90. The van der Waals surface area contributed by atoms with E-state index in [2.05, 4.69) is 20.1 Å². The van der Waals surface area contributed by atoms with Gasteiger partial charge in [0, 0.05) is 12.4 Å². The van der Waals surface area contributed by atoms with Crippen LogP contribution >= 0.6 is 11.6 Å². The van der Waals surface area contributed by atoms with Gasteiger partial charge in [-0.1, -0.05) is 11.6 Å². The Bertz CT molecular complexity index is 707. The first kappa shape index (κ1) is 11.1. The zero-order valence-corrected chi connectivity index (χ0v) is 10.5. The van der Waals surface area contributed by atoms with Crippen LogP contribution in [0.1, 0.15) is 11.1 Å². The summed E-state index contributed by atoms with van der Waals surface area (Å²) in [5.41, 5.74) is 3.69. The summed E-state index contributed by atoms with van der Waals surface area (Å²) in [7, 11) is 0. The molecular weight excluding hydrogens is 250 g/mol. The van der Waals surface area contributed by atoms with Crippen LogP contribution in [-0.4, -0.2) is 24.7 Å². The highest BCUT2D eigenvalue weighted by molar-refractivity contribution is 6.29. The first-order valence-corrected chi connectivity index (χ1v) is 5.85. The molecule has 3 aromatic rings. The Labute approximate surface area is 108 Å². The fourth-order valence-electron chi connectivity index (χ4n) is 1.77. The van der Waals surface area contributed by atoms with Crippen LogP contribution in [0.3, 0.4) is 0 Å². The predicted molar refractivity (Wildman–Crippen MR) is 68.4 cm³/mol. The number of hydrogen-bond donors (Lipinski definition) is 0. The van der Waals surface area contributed by atoms with Crippen molar-refractivity contribution in [2.24, 2.45) is 0 Å². The minimum Gasteiger partial charge on any atom is -0.264 e. The van der Waals surface area contributed by atoms with Gasteiger partial charge < -0.3 is 0 Å². The van der Waals surface area contributed by atoms with Crippen molar-refractivity contribution < 1.29 is 0 Å². The van der Waals surface area contributed by atoms with E-state index in [9.17, 15) is 0 Å². The van der Waals surface area contributed by atoms with Gasteiger partial charge in [0.25, 0.3) is 0 Å². The van der Waals surface area contributed by atoms with Crippen molar-refractivity contribution in [2.75, 3.05) is 0 Å². The highest BCUT2D eigenvalue weighted by Crippen LogP contribution is 2.14. The van der Waals surface area contributed by atoms with Crippen molar-refractivity contribution in [1.29, 1.82) is 0 Å². The van der Waals surface area contributed by atoms with Gasteiger partial charge in [0.05, 0.1) is 18.9 Å². The number of halogens is 1. The maximum Gasteiger partial charge on any atom is 0.178 e. The number of nitrogens with zero attached hydrogens (tertiary/aromatic N) is 5. The number of aromatic nitrogens is 5. The molecule has 3 rings (SSSR count). The van der Waals surface area contributed by atoms with Gasteiger partial charge in [-0.05, 0) is 24.1 Å². The summed E-state index contributed by atoms with van der Waals surface area (Å²) < 4.78 is 1.78. The summed E-state index contributed by atoms with van der Waals surface area (Å²) in [5.74, 6) is 0. The van der Waals surface area contributed by atoms with Crippen LogP contribution in [0, 0.1) is 6.92 Å². The molecule has 5 nitrogen and oxygen atoms in total. The van der Waals surface area contributed by atoms with Crippen LogP contribution in [0.5, 0.6) is 0 Å². The summed E-state index contributed by atoms with van der Waals surface area (Å²) in [4.78, 5) is 12.5. The Morgan fingerprint density at radius 2 is 2.17 bits per heavy atom. The van der Waals surface area contributed by atoms with Gasteiger partial charge in [0.2, 0.25) is 0 Å². The highest BCUT2D eigenvalue weighted by atomic mass is 35.5. The maximum absolute atomic E-state index is 5.85. The second-order valence-electron chi connectivity index (χ2n) is 4.01. The molecule has 0 spiro atoms. The van der Waals surface area contributed by atoms with Gasteiger partial charge >= 0.3 is 0 Å². The van der Waals surface area contributed by atoms with Crippen molar-refractivity contribution in [2.45, 2.75) is 13.5 Å². The fraction of sp³-hybridized carbons (Fsp3) is 0.167. The third kappa shape index (κ3) is 1.93. The smallest absolute Gasteiger partial charge is 0.178 e. The molecule has 0 saturated carbocycles. The Morgan fingerprint density at radius 1 is 1.28 bits per heavy atom. The largest absolute Gasteiger partial charge is 0.264 e. The molecule has 0 fully saturated rings. The lowest BCUT2D eigenvalue weighted by Gasteiger charge is -2.05. The maximum atomic E-state index is 5.85. The Balaban J connectivity index is 2.05. The lowest BCUT2D eigenvalue weighted by molar-refractivity contribution is 0.699. The third-order valence-electron chi connectivity index (χ3n) is 2.78. The van der Waals surface area contributed by atoms with Crippen LogP contribution in [0.25, 0.3) is 11.2 Å². The molecule has 0 radical (unpaired) electrons. The molecule has 0 aliphatic heterocycles. The van der Waals surface area contributed by atoms with E-state index in [1.165, 1.54) is 11.8 Å². The van der Waals surface area contributed by atoms with Gasteiger partial charge in [-0.25, -0.2) is 14.6 Å². The molecule has 3 heterocycles. The van der Waals surface area contributed by atoms with Crippen molar-refractivity contribution in [3.63, 3.8) is 0 Å². The minimum absolute atomic E-state index is 0.368. The topological polar surface area (TPSA) is 56.5 Å². The van der Waals surface area contributed by atoms with E-state index in [-0.39, 0.29) is 0 Å². The molecule has 6 heteroatoms. The highest BCUT2D eigenvalue weighted by Gasteiger charge is 2.08. The summed E-state index contributed by atoms with van der Waals surface area (Å²) in [6, 6.07) is 1.97. The molecular formula is C12H10ClN5. The lowest BCUT2D eigenvalue weighted by Crippen LogP contribution is -2.04. The quantitative estimate of drug-likeness (QED) is 0.708. The first-order valence-electron chi connectivity index (χ1n) is 5.47. The monoisotopic (exact) mass is 259 g/mol. The van der Waals surface area contributed by atoms with Crippen molar-refractivity contribution >= 4 is 22.8 Å². The lowest BCUT2D eigenvalue weighted by atomic mass is 10.2. The van der Waals surface area contributed by atoms with E-state index in [0.29, 0.717) is 17.3 Å². The van der Waals surface area contributed by atoms with E-state index in [1.807, 2.05) is 19.2 Å². The van der Waals surface area contributed by atoms with Gasteiger partial charge in [-0.3, -0.25) is 4.98 Å². The van der Waals surface area contributed by atoms with Crippen LogP contribution in [-0.2, 0) is 6.54 Å². The molecule has 0 bridgehead atoms. The Hall–Kier alpha value is -2.01. The minimum atomic E-state index is 0.368. The average molecular weight is 260 g/mol. The van der Waals surface area contributed by atoms with E-state index < -0.39 is 0 Å². The average Bonchev–Trinajstić information content (AvgIpc) is 2.75. The zero-order valence-electron chi connectivity index (χ0n) is 9.71. The van der Waals surface area contributed by atoms with Gasteiger partial charge in [-0.15, -0.1) is 0 Å². The third-order valence-corrected chi connectivity index (χ3v) is 2.97. The van der Waals surface area contributed by atoms with E-state index in [1.54, 1.807) is 17.1 Å². The summed E-state index contributed by atoms with van der Waals surface area (Å²) in [6.45, 7) is 2.65. The Morgan fingerprint density at radius 3 is 3.00 bits per heavy atom. The summed E-state index contributed by atoms with van der Waals surface area (Å²) in [5, 5.41) is 4.65. The second kappa shape index (κ2) is 4.34. The van der Waals surface area contributed by atoms with Crippen LogP contribution in [0.15, 0.2) is 30.9 Å². The van der Waals surface area contributed by atoms with Crippen LogP contribution in [0.4, 0.5) is 0 Å². The van der Waals surface area contributed by atoms with Gasteiger partial charge in [0.15, 0.2) is 5.65 Å². The van der Waals surface area contributed by atoms with Crippen LogP contribution in [0.2, 0.25) is 5.15 Å². The number of fused-ring (bicyclic) bond motifs is 1. The molecule has 90 valence electrons. The predicted octanol–water partition coefficient (Wildman–Crippen LogP) is 2.23. The van der Waals surface area contributed by atoms with E-state index in [4.69, 9.17) is 11.6 Å². The molecule has 0 saturated heterocycles. The van der Waals surface area contributed by atoms with Gasteiger partial charge in [0.1, 0.15) is 10.7 Å². The SMILES string of the molecule is Cc1ccncc1Cn1ncc2ncc(Cl)nc21. The molecule has 0 aromatic carbocycles. The van der Waals surface area contributed by atoms with Crippen LogP contribution < -0.4 is 0 Å². The second-order valence-corrected chi connectivity index (χ2v) is 4.39. The van der Waals surface area contributed by atoms with Crippen molar-refractivity contribution in [3.05, 3.63) is 47.1 Å². The molecule has 0 atom stereocenters. The molecule has 0 N–H and O–H groups in total. The first-order chi connectivity index (χ1) is 8.74. The number of aryl methyl sites for hydroxylation is 1. The molecule has 0 aliphatic carbocycles. The molecule has 0 aliphatic rings. The molecule has 18 heavy (non-hydrogen) atoms. The van der Waals surface area contributed by atoms with Crippen molar-refractivity contribution in [1.82, 2.24) is 24.7 Å².